The van der Waals surface area contributed by atoms with Gasteiger partial charge in [0.1, 0.15) is 0 Å². The van der Waals surface area contributed by atoms with Crippen molar-refractivity contribution in [1.82, 2.24) is 10.5 Å². The molecule has 0 saturated carbocycles. The van der Waals surface area contributed by atoms with Gasteiger partial charge in [0.25, 0.3) is 5.91 Å². The third kappa shape index (κ3) is 9.69. The second-order valence-electron chi connectivity index (χ2n) is 9.65. The summed E-state index contributed by atoms with van der Waals surface area (Å²) in [6, 6.07) is 13.4. The SMILES string of the molecule is CC(C)[C@H](N)C(=O)N[C@H](CN(C(=O)C(Cl)Cl)c1cccc(-c2ccno2)c1)C(C)C.Cc1c(Cl)cccc1Cl. The third-order valence-corrected chi connectivity index (χ3v) is 7.26. The lowest BCUT2D eigenvalue weighted by Crippen LogP contribution is -2.54. The number of carbonyl (C=O) groups excluding carboxylic acids is 2. The lowest BCUT2D eigenvalue weighted by molar-refractivity contribution is -0.124. The van der Waals surface area contributed by atoms with Crippen LogP contribution in [0.1, 0.15) is 33.3 Å². The maximum Gasteiger partial charge on any atom is 0.260 e. The molecule has 1 aromatic heterocycles. The summed E-state index contributed by atoms with van der Waals surface area (Å²) in [5.74, 6) is -0.163. The number of hydrogen-bond acceptors (Lipinski definition) is 5. The Morgan fingerprint density at radius 2 is 1.62 bits per heavy atom. The Hall–Kier alpha value is -2.29. The van der Waals surface area contributed by atoms with Crippen LogP contribution in [0.25, 0.3) is 11.3 Å². The van der Waals surface area contributed by atoms with E-state index in [0.717, 1.165) is 21.2 Å². The van der Waals surface area contributed by atoms with Crippen LogP contribution in [0.5, 0.6) is 0 Å². The summed E-state index contributed by atoms with van der Waals surface area (Å²) in [7, 11) is 0. The van der Waals surface area contributed by atoms with Crippen LogP contribution >= 0.6 is 46.4 Å². The molecule has 0 fully saturated rings. The van der Waals surface area contributed by atoms with Crippen molar-refractivity contribution in [2.24, 2.45) is 17.6 Å². The van der Waals surface area contributed by atoms with E-state index in [1.54, 1.807) is 30.5 Å². The second-order valence-corrected chi connectivity index (χ2v) is 11.6. The highest BCUT2D eigenvalue weighted by atomic mass is 35.5. The van der Waals surface area contributed by atoms with Gasteiger partial charge >= 0.3 is 0 Å². The van der Waals surface area contributed by atoms with Gasteiger partial charge in [0.05, 0.1) is 12.2 Å². The zero-order valence-corrected chi connectivity index (χ0v) is 25.5. The number of nitrogens with two attached hydrogens (primary N) is 1. The highest BCUT2D eigenvalue weighted by Gasteiger charge is 2.29. The summed E-state index contributed by atoms with van der Waals surface area (Å²) in [4.78, 5) is 25.6. The number of aromatic nitrogens is 1. The van der Waals surface area contributed by atoms with Gasteiger partial charge in [-0.05, 0) is 48.6 Å². The Morgan fingerprint density at radius 3 is 2.10 bits per heavy atom. The standard InChI is InChI=1S/C21H28Cl2N4O3.C7H6Cl2/c1-12(2)16(26-20(28)18(24)13(3)4)11-27(21(29)19(22)23)15-7-5-6-14(10-15)17-8-9-25-30-17;1-5-6(8)3-2-4-7(5)9/h5-10,12-13,16,18-19H,11,24H2,1-4H3,(H,26,28);2-4H,1H3/t16-,18+;/m1./s1. The maximum absolute atomic E-state index is 12.8. The van der Waals surface area contributed by atoms with E-state index in [4.69, 9.17) is 56.7 Å². The first kappa shape index (κ1) is 32.9. The first-order chi connectivity index (χ1) is 18.3. The molecule has 0 radical (unpaired) electrons. The van der Waals surface area contributed by atoms with Crippen LogP contribution in [0.3, 0.4) is 0 Å². The summed E-state index contributed by atoms with van der Waals surface area (Å²) >= 11 is 23.3. The van der Waals surface area contributed by atoms with Crippen molar-refractivity contribution in [3.63, 3.8) is 0 Å². The van der Waals surface area contributed by atoms with Crippen molar-refractivity contribution >= 4 is 63.9 Å². The van der Waals surface area contributed by atoms with Crippen molar-refractivity contribution in [3.8, 4) is 11.3 Å². The molecule has 0 unspecified atom stereocenters. The van der Waals surface area contributed by atoms with E-state index in [-0.39, 0.29) is 30.3 Å². The number of alkyl halides is 2. The summed E-state index contributed by atoms with van der Waals surface area (Å²) in [5, 5.41) is 8.12. The smallest absolute Gasteiger partial charge is 0.260 e. The van der Waals surface area contributed by atoms with Crippen LogP contribution in [0.4, 0.5) is 5.69 Å². The molecule has 0 aliphatic heterocycles. The van der Waals surface area contributed by atoms with E-state index in [0.29, 0.717) is 11.4 Å². The van der Waals surface area contributed by atoms with Crippen LogP contribution in [0.15, 0.2) is 59.3 Å². The van der Waals surface area contributed by atoms with Gasteiger partial charge in [-0.1, -0.05) is 97.5 Å². The number of benzene rings is 2. The Bertz CT molecular complexity index is 1200. The highest BCUT2D eigenvalue weighted by Crippen LogP contribution is 2.27. The molecule has 2 amide bonds. The number of hydrogen-bond donors (Lipinski definition) is 2. The van der Waals surface area contributed by atoms with Crippen LogP contribution in [-0.4, -0.2) is 40.4 Å². The largest absolute Gasteiger partial charge is 0.356 e. The molecule has 11 heteroatoms. The van der Waals surface area contributed by atoms with Crippen LogP contribution in [0.2, 0.25) is 10.0 Å². The average molecular weight is 616 g/mol. The van der Waals surface area contributed by atoms with Gasteiger partial charge in [0.2, 0.25) is 5.91 Å². The second kappa shape index (κ2) is 15.5. The number of amides is 2. The number of anilines is 1. The Labute approximate surface area is 249 Å². The van der Waals surface area contributed by atoms with Crippen molar-refractivity contribution in [2.45, 2.75) is 51.5 Å². The molecular weight excluding hydrogens is 582 g/mol. The monoisotopic (exact) mass is 614 g/mol. The van der Waals surface area contributed by atoms with E-state index in [9.17, 15) is 9.59 Å². The van der Waals surface area contributed by atoms with E-state index >= 15 is 0 Å². The Morgan fingerprint density at radius 1 is 1.00 bits per heavy atom. The lowest BCUT2D eigenvalue weighted by Gasteiger charge is -2.32. The molecule has 0 saturated heterocycles. The minimum atomic E-state index is -1.25. The van der Waals surface area contributed by atoms with Gasteiger partial charge in [0, 0.05) is 39.9 Å². The molecule has 0 aliphatic rings. The molecule has 3 aromatic rings. The molecule has 7 nitrogen and oxygen atoms in total. The molecule has 2 atom stereocenters. The van der Waals surface area contributed by atoms with Crippen molar-refractivity contribution < 1.29 is 14.1 Å². The lowest BCUT2D eigenvalue weighted by atomic mass is 10.00. The molecule has 0 bridgehead atoms. The molecule has 0 spiro atoms. The summed E-state index contributed by atoms with van der Waals surface area (Å²) in [6.07, 6.45) is 1.54. The van der Waals surface area contributed by atoms with Crippen molar-refractivity contribution in [3.05, 3.63) is 70.3 Å². The van der Waals surface area contributed by atoms with Gasteiger partial charge in [-0.25, -0.2) is 0 Å². The molecule has 0 aliphatic carbocycles. The number of nitrogens with zero attached hydrogens (tertiary/aromatic N) is 2. The summed E-state index contributed by atoms with van der Waals surface area (Å²) in [6.45, 7) is 9.75. The first-order valence-corrected chi connectivity index (χ1v) is 14.0. The number of carbonyl (C=O) groups is 2. The van der Waals surface area contributed by atoms with Crippen LogP contribution in [-0.2, 0) is 9.59 Å². The van der Waals surface area contributed by atoms with Gasteiger partial charge in [-0.2, -0.15) is 0 Å². The fraction of sp³-hybridized carbons (Fsp3) is 0.393. The third-order valence-electron chi connectivity index (χ3n) is 6.07. The molecular formula is C28H34Cl4N4O3. The van der Waals surface area contributed by atoms with E-state index in [1.165, 1.54) is 4.90 Å². The fourth-order valence-corrected chi connectivity index (χ4v) is 4.05. The average Bonchev–Trinajstić information content (AvgIpc) is 3.44. The van der Waals surface area contributed by atoms with E-state index in [2.05, 4.69) is 10.5 Å². The molecule has 2 aromatic carbocycles. The quantitative estimate of drug-likeness (QED) is 0.255. The molecule has 1 heterocycles. The molecule has 3 rings (SSSR count). The van der Waals surface area contributed by atoms with Crippen LogP contribution < -0.4 is 16.0 Å². The topological polar surface area (TPSA) is 101 Å². The molecule has 39 heavy (non-hydrogen) atoms. The maximum atomic E-state index is 12.8. The van der Waals surface area contributed by atoms with Gasteiger partial charge in [0.15, 0.2) is 10.6 Å². The minimum absolute atomic E-state index is 0.0100. The van der Waals surface area contributed by atoms with Crippen molar-refractivity contribution in [2.75, 3.05) is 11.4 Å². The van der Waals surface area contributed by atoms with E-state index in [1.807, 2.05) is 58.9 Å². The van der Waals surface area contributed by atoms with Crippen LogP contribution in [0, 0.1) is 18.8 Å². The first-order valence-electron chi connectivity index (χ1n) is 12.4. The van der Waals surface area contributed by atoms with E-state index < -0.39 is 16.8 Å². The predicted octanol–water partition coefficient (Wildman–Crippen LogP) is 6.90. The fourth-order valence-electron chi connectivity index (χ4n) is 3.41. The minimum Gasteiger partial charge on any atom is -0.356 e. The number of nitrogens with one attached hydrogen (secondary N) is 1. The van der Waals surface area contributed by atoms with Crippen molar-refractivity contribution in [1.29, 1.82) is 0 Å². The van der Waals surface area contributed by atoms with Gasteiger partial charge in [-0.15, -0.1) is 0 Å². The Balaban J connectivity index is 0.000000499. The number of halogens is 4. The Kier molecular flexibility index (Phi) is 13.1. The van der Waals surface area contributed by atoms with Gasteiger partial charge in [-0.3, -0.25) is 9.59 Å². The number of rotatable bonds is 9. The highest BCUT2D eigenvalue weighted by molar-refractivity contribution is 6.54. The zero-order valence-electron chi connectivity index (χ0n) is 22.5. The molecule has 212 valence electrons. The van der Waals surface area contributed by atoms with Gasteiger partial charge < -0.3 is 20.5 Å². The zero-order chi connectivity index (χ0) is 29.3. The molecule has 3 N–H and O–H groups in total. The summed E-state index contributed by atoms with van der Waals surface area (Å²) in [5.41, 5.74) is 8.25. The predicted molar refractivity (Wildman–Crippen MR) is 161 cm³/mol. The summed E-state index contributed by atoms with van der Waals surface area (Å²) < 4.78 is 5.21. The normalized spacial score (nSPS) is 12.6.